The van der Waals surface area contributed by atoms with Crippen molar-refractivity contribution in [1.29, 1.82) is 5.26 Å². The third kappa shape index (κ3) is 2.53. The molecule has 1 atom stereocenters. The van der Waals surface area contributed by atoms with Crippen LogP contribution in [0.15, 0.2) is 30.3 Å². The van der Waals surface area contributed by atoms with Gasteiger partial charge < -0.3 is 5.11 Å². The zero-order chi connectivity index (χ0) is 13.9. The van der Waals surface area contributed by atoms with Gasteiger partial charge in [-0.15, -0.1) is 0 Å². The summed E-state index contributed by atoms with van der Waals surface area (Å²) in [6.07, 6.45) is 4.10. The molecule has 0 saturated heterocycles. The Morgan fingerprint density at radius 3 is 2.37 bits per heavy atom. The van der Waals surface area contributed by atoms with Crippen LogP contribution >= 0.6 is 0 Å². The molecule has 1 aromatic carbocycles. The fourth-order valence-corrected chi connectivity index (χ4v) is 3.22. The van der Waals surface area contributed by atoms with Crippen LogP contribution in [0, 0.1) is 16.7 Å². The summed E-state index contributed by atoms with van der Waals surface area (Å²) in [6, 6.07) is 12.8. The average molecular weight is 257 g/mol. The molecule has 1 aliphatic rings. The Morgan fingerprint density at radius 2 is 1.89 bits per heavy atom. The van der Waals surface area contributed by atoms with Gasteiger partial charge in [0.1, 0.15) is 0 Å². The normalized spacial score (nSPS) is 30.3. The summed E-state index contributed by atoms with van der Waals surface area (Å²) in [7, 11) is 0. The molecular formula is C17H23NO. The molecule has 1 aliphatic carbocycles. The van der Waals surface area contributed by atoms with Crippen LogP contribution in [0.2, 0.25) is 0 Å². The van der Waals surface area contributed by atoms with E-state index in [2.05, 4.69) is 30.3 Å². The molecule has 1 saturated carbocycles. The molecule has 1 N–H and O–H groups in total. The topological polar surface area (TPSA) is 44.0 Å². The Balaban J connectivity index is 2.09. The first-order valence-corrected chi connectivity index (χ1v) is 7.23. The first-order chi connectivity index (χ1) is 9.04. The van der Waals surface area contributed by atoms with Crippen molar-refractivity contribution in [3.63, 3.8) is 0 Å². The SMILES string of the molecule is CCC(C)(C#N)C1(O)CCC(c2ccccc2)CC1. The van der Waals surface area contributed by atoms with Gasteiger partial charge in [0.05, 0.1) is 17.1 Å². The van der Waals surface area contributed by atoms with Crippen molar-refractivity contribution in [2.24, 2.45) is 5.41 Å². The fraction of sp³-hybridized carbons (Fsp3) is 0.588. The van der Waals surface area contributed by atoms with Gasteiger partial charge in [0, 0.05) is 0 Å². The quantitative estimate of drug-likeness (QED) is 0.889. The second-order valence-electron chi connectivity index (χ2n) is 6.01. The number of hydrogen-bond donors (Lipinski definition) is 1. The lowest BCUT2D eigenvalue weighted by Crippen LogP contribution is -2.47. The maximum Gasteiger partial charge on any atom is 0.0830 e. The minimum atomic E-state index is -0.818. The van der Waals surface area contributed by atoms with Gasteiger partial charge in [0.25, 0.3) is 0 Å². The minimum Gasteiger partial charge on any atom is -0.388 e. The van der Waals surface area contributed by atoms with Crippen LogP contribution in [0.3, 0.4) is 0 Å². The molecule has 0 bridgehead atoms. The molecule has 102 valence electrons. The highest BCUT2D eigenvalue weighted by Crippen LogP contribution is 2.47. The highest BCUT2D eigenvalue weighted by Gasteiger charge is 2.48. The van der Waals surface area contributed by atoms with Crippen molar-refractivity contribution in [3.8, 4) is 6.07 Å². The molecule has 2 nitrogen and oxygen atoms in total. The molecule has 0 aromatic heterocycles. The Kier molecular flexibility index (Phi) is 3.96. The molecule has 0 radical (unpaired) electrons. The lowest BCUT2D eigenvalue weighted by Gasteiger charge is -2.44. The number of aliphatic hydroxyl groups is 1. The first-order valence-electron chi connectivity index (χ1n) is 7.23. The van der Waals surface area contributed by atoms with E-state index >= 15 is 0 Å². The summed E-state index contributed by atoms with van der Waals surface area (Å²) in [5, 5.41) is 20.2. The maximum absolute atomic E-state index is 10.8. The van der Waals surface area contributed by atoms with Crippen LogP contribution in [-0.4, -0.2) is 10.7 Å². The van der Waals surface area contributed by atoms with E-state index in [4.69, 9.17) is 0 Å². The Hall–Kier alpha value is -1.33. The monoisotopic (exact) mass is 257 g/mol. The highest BCUT2D eigenvalue weighted by molar-refractivity contribution is 5.21. The third-order valence-electron chi connectivity index (χ3n) is 5.06. The Labute approximate surface area is 116 Å². The van der Waals surface area contributed by atoms with E-state index in [1.54, 1.807) is 0 Å². The third-order valence-corrected chi connectivity index (χ3v) is 5.06. The molecule has 0 heterocycles. The second-order valence-corrected chi connectivity index (χ2v) is 6.01. The predicted molar refractivity (Wildman–Crippen MR) is 76.6 cm³/mol. The molecule has 1 unspecified atom stereocenters. The first kappa shape index (κ1) is 14.1. The van der Waals surface area contributed by atoms with Crippen LogP contribution in [0.25, 0.3) is 0 Å². The molecule has 19 heavy (non-hydrogen) atoms. The summed E-state index contributed by atoms with van der Waals surface area (Å²) in [5.41, 5.74) is -0.0732. The van der Waals surface area contributed by atoms with Crippen LogP contribution in [0.5, 0.6) is 0 Å². The van der Waals surface area contributed by atoms with Crippen LogP contribution in [0.1, 0.15) is 57.4 Å². The van der Waals surface area contributed by atoms with Gasteiger partial charge >= 0.3 is 0 Å². The summed E-state index contributed by atoms with van der Waals surface area (Å²) in [4.78, 5) is 0. The zero-order valence-corrected chi connectivity index (χ0v) is 11.9. The van der Waals surface area contributed by atoms with Gasteiger partial charge in [-0.25, -0.2) is 0 Å². The number of benzene rings is 1. The number of rotatable bonds is 3. The number of nitriles is 1. The van der Waals surface area contributed by atoms with E-state index in [1.165, 1.54) is 5.56 Å². The van der Waals surface area contributed by atoms with E-state index < -0.39 is 11.0 Å². The lowest BCUT2D eigenvalue weighted by molar-refractivity contribution is -0.0798. The number of nitrogens with zero attached hydrogens (tertiary/aromatic N) is 1. The van der Waals surface area contributed by atoms with Gasteiger partial charge in [0.2, 0.25) is 0 Å². The van der Waals surface area contributed by atoms with Crippen molar-refractivity contribution in [2.45, 2.75) is 57.5 Å². The van der Waals surface area contributed by atoms with E-state index in [1.807, 2.05) is 19.9 Å². The van der Waals surface area contributed by atoms with Crippen molar-refractivity contribution in [3.05, 3.63) is 35.9 Å². The van der Waals surface area contributed by atoms with Crippen LogP contribution < -0.4 is 0 Å². The molecular weight excluding hydrogens is 234 g/mol. The Bertz CT molecular complexity index is 454. The highest BCUT2D eigenvalue weighted by atomic mass is 16.3. The number of hydrogen-bond acceptors (Lipinski definition) is 2. The maximum atomic E-state index is 10.8. The fourth-order valence-electron chi connectivity index (χ4n) is 3.22. The van der Waals surface area contributed by atoms with Crippen molar-refractivity contribution < 1.29 is 5.11 Å². The lowest BCUT2D eigenvalue weighted by atomic mass is 9.63. The van der Waals surface area contributed by atoms with Crippen LogP contribution in [0.4, 0.5) is 0 Å². The predicted octanol–water partition coefficient (Wildman–Crippen LogP) is 4.02. The second kappa shape index (κ2) is 5.35. The van der Waals surface area contributed by atoms with Gasteiger partial charge in [-0.05, 0) is 50.5 Å². The summed E-state index contributed by atoms with van der Waals surface area (Å²) in [6.45, 7) is 3.89. The van der Waals surface area contributed by atoms with Crippen molar-refractivity contribution >= 4 is 0 Å². The average Bonchev–Trinajstić information content (AvgIpc) is 2.48. The zero-order valence-electron chi connectivity index (χ0n) is 11.9. The summed E-state index contributed by atoms with van der Waals surface area (Å²) < 4.78 is 0. The molecule has 2 rings (SSSR count). The minimum absolute atomic E-state index is 0.529. The van der Waals surface area contributed by atoms with Gasteiger partial charge in [-0.3, -0.25) is 0 Å². The molecule has 2 heteroatoms. The molecule has 0 spiro atoms. The van der Waals surface area contributed by atoms with E-state index in [0.29, 0.717) is 12.3 Å². The van der Waals surface area contributed by atoms with Crippen molar-refractivity contribution in [1.82, 2.24) is 0 Å². The van der Waals surface area contributed by atoms with E-state index in [-0.39, 0.29) is 0 Å². The van der Waals surface area contributed by atoms with Gasteiger partial charge in [-0.2, -0.15) is 5.26 Å². The summed E-state index contributed by atoms with van der Waals surface area (Å²) >= 11 is 0. The van der Waals surface area contributed by atoms with Gasteiger partial charge in [-0.1, -0.05) is 37.3 Å². The molecule has 1 fully saturated rings. The Morgan fingerprint density at radius 1 is 1.32 bits per heavy atom. The van der Waals surface area contributed by atoms with Crippen molar-refractivity contribution in [2.75, 3.05) is 0 Å². The van der Waals surface area contributed by atoms with Gasteiger partial charge in [0.15, 0.2) is 0 Å². The molecule has 1 aromatic rings. The van der Waals surface area contributed by atoms with Crippen LogP contribution in [-0.2, 0) is 0 Å². The molecule has 0 amide bonds. The van der Waals surface area contributed by atoms with E-state index in [0.717, 1.165) is 25.7 Å². The molecule has 0 aliphatic heterocycles. The smallest absolute Gasteiger partial charge is 0.0830 e. The van der Waals surface area contributed by atoms with E-state index in [9.17, 15) is 10.4 Å². The largest absolute Gasteiger partial charge is 0.388 e. The summed E-state index contributed by atoms with van der Waals surface area (Å²) in [5.74, 6) is 0.529. The standard InChI is InChI=1S/C17H23NO/c1-3-16(2,13-18)17(19)11-9-15(10-12-17)14-7-5-4-6-8-14/h4-8,15,19H,3,9-12H2,1-2H3.